The van der Waals surface area contributed by atoms with Crippen molar-refractivity contribution in [2.24, 2.45) is 10.9 Å². The predicted octanol–water partition coefficient (Wildman–Crippen LogP) is 4.22. The summed E-state index contributed by atoms with van der Waals surface area (Å²) in [6, 6.07) is 0. The molecule has 2 heteroatoms. The third-order valence-corrected chi connectivity index (χ3v) is 2.57. The molecule has 86 valence electrons. The maximum absolute atomic E-state index is 9.90. The first-order valence-corrected chi connectivity index (χ1v) is 6.08. The number of hydrogen-bond donors (Lipinski definition) is 0. The van der Waals surface area contributed by atoms with Crippen LogP contribution in [-0.2, 0) is 4.79 Å². The molecule has 0 N–H and O–H groups in total. The number of unbranched alkanes of at least 4 members (excludes halogenated alkanes) is 3. The van der Waals surface area contributed by atoms with Gasteiger partial charge in [-0.1, -0.05) is 52.0 Å². The fraction of sp³-hybridized carbons (Fsp3) is 0.769. The van der Waals surface area contributed by atoms with Gasteiger partial charge in [0.2, 0.25) is 6.08 Å². The number of rotatable bonds is 9. The Morgan fingerprint density at radius 2 is 1.93 bits per heavy atom. The Morgan fingerprint density at radius 3 is 2.53 bits per heavy atom. The molecule has 2 nitrogen and oxygen atoms in total. The highest BCUT2D eigenvalue weighted by Gasteiger charge is 2.02. The zero-order valence-electron chi connectivity index (χ0n) is 10.0. The van der Waals surface area contributed by atoms with E-state index in [-0.39, 0.29) is 0 Å². The molecular weight excluding hydrogens is 186 g/mol. The highest BCUT2D eigenvalue weighted by molar-refractivity contribution is 5.34. The van der Waals surface area contributed by atoms with Crippen molar-refractivity contribution in [3.8, 4) is 0 Å². The number of aliphatic imine (C=N–C) groups is 1. The molecule has 1 unspecified atom stereocenters. The second kappa shape index (κ2) is 11.2. The third kappa shape index (κ3) is 9.42. The van der Waals surface area contributed by atoms with Crippen LogP contribution in [0.5, 0.6) is 0 Å². The van der Waals surface area contributed by atoms with Crippen molar-refractivity contribution in [2.75, 3.05) is 0 Å². The van der Waals surface area contributed by atoms with Crippen molar-refractivity contribution in [1.29, 1.82) is 0 Å². The van der Waals surface area contributed by atoms with Crippen molar-refractivity contribution in [3.05, 3.63) is 12.3 Å². The van der Waals surface area contributed by atoms with Gasteiger partial charge in [0.15, 0.2) is 0 Å². The molecule has 0 radical (unpaired) electrons. The molecule has 0 saturated heterocycles. The summed E-state index contributed by atoms with van der Waals surface area (Å²) in [5.41, 5.74) is 0. The fourth-order valence-corrected chi connectivity index (χ4v) is 1.74. The number of allylic oxidation sites excluding steroid dienone is 1. The molecule has 0 rings (SSSR count). The first kappa shape index (κ1) is 14.1. The van der Waals surface area contributed by atoms with E-state index in [4.69, 9.17) is 0 Å². The largest absolute Gasteiger partial charge is 0.239 e. The topological polar surface area (TPSA) is 29.4 Å². The average molecular weight is 209 g/mol. The van der Waals surface area contributed by atoms with Crippen LogP contribution in [0.15, 0.2) is 17.3 Å². The van der Waals surface area contributed by atoms with Crippen LogP contribution >= 0.6 is 0 Å². The number of hydrogen-bond acceptors (Lipinski definition) is 2. The van der Waals surface area contributed by atoms with Gasteiger partial charge in [0.25, 0.3) is 0 Å². The van der Waals surface area contributed by atoms with Gasteiger partial charge in [0, 0.05) is 6.20 Å². The highest BCUT2D eigenvalue weighted by atomic mass is 16.1. The van der Waals surface area contributed by atoms with Crippen molar-refractivity contribution in [2.45, 2.75) is 58.8 Å². The Labute approximate surface area is 93.5 Å². The van der Waals surface area contributed by atoms with Crippen LogP contribution in [0.3, 0.4) is 0 Å². The van der Waals surface area contributed by atoms with E-state index >= 15 is 0 Å². The molecule has 0 bridgehead atoms. The van der Waals surface area contributed by atoms with Gasteiger partial charge in [-0.15, -0.1) is 0 Å². The summed E-state index contributed by atoms with van der Waals surface area (Å²) in [7, 11) is 0. The van der Waals surface area contributed by atoms with E-state index in [1.807, 2.05) is 6.08 Å². The molecule has 0 amide bonds. The molecule has 0 aliphatic rings. The minimum atomic E-state index is 0.587. The van der Waals surface area contributed by atoms with E-state index < -0.39 is 0 Å². The maximum atomic E-state index is 9.90. The van der Waals surface area contributed by atoms with E-state index in [9.17, 15) is 4.79 Å². The van der Waals surface area contributed by atoms with Gasteiger partial charge in [-0.3, -0.25) is 0 Å². The molecule has 0 aromatic heterocycles. The summed E-state index contributed by atoms with van der Waals surface area (Å²) in [4.78, 5) is 13.4. The number of isocyanates is 1. The third-order valence-electron chi connectivity index (χ3n) is 2.57. The maximum Gasteiger partial charge on any atom is 0.239 e. The smallest absolute Gasteiger partial charge is 0.211 e. The molecule has 1 atom stereocenters. The molecule has 0 aromatic carbocycles. The summed E-state index contributed by atoms with van der Waals surface area (Å²) in [6.45, 7) is 4.41. The Balaban J connectivity index is 3.76. The summed E-state index contributed by atoms with van der Waals surface area (Å²) < 4.78 is 0. The summed E-state index contributed by atoms with van der Waals surface area (Å²) in [5.74, 6) is 0.587. The van der Waals surface area contributed by atoms with Crippen LogP contribution in [0.4, 0.5) is 0 Å². The van der Waals surface area contributed by atoms with Crippen LogP contribution < -0.4 is 0 Å². The molecule has 0 aliphatic carbocycles. The minimum absolute atomic E-state index is 0.587. The predicted molar refractivity (Wildman–Crippen MR) is 64.4 cm³/mol. The van der Waals surface area contributed by atoms with Crippen molar-refractivity contribution in [3.63, 3.8) is 0 Å². The Kier molecular flexibility index (Phi) is 10.5. The van der Waals surface area contributed by atoms with E-state index in [1.54, 1.807) is 6.20 Å². The van der Waals surface area contributed by atoms with Crippen LogP contribution in [-0.4, -0.2) is 6.08 Å². The lowest BCUT2D eigenvalue weighted by Gasteiger charge is -2.10. The van der Waals surface area contributed by atoms with Crippen molar-refractivity contribution >= 4 is 6.08 Å². The fourth-order valence-electron chi connectivity index (χ4n) is 1.74. The van der Waals surface area contributed by atoms with E-state index in [2.05, 4.69) is 18.8 Å². The van der Waals surface area contributed by atoms with Gasteiger partial charge < -0.3 is 0 Å². The lowest BCUT2D eigenvalue weighted by atomic mass is 9.96. The molecule has 15 heavy (non-hydrogen) atoms. The molecule has 0 saturated carbocycles. The van der Waals surface area contributed by atoms with Gasteiger partial charge >= 0.3 is 0 Å². The molecule has 0 spiro atoms. The lowest BCUT2D eigenvalue weighted by molar-refractivity contribution is 0.495. The standard InChI is InChI=1S/C13H23NO/c1-3-5-6-7-9-13(8-4-2)10-11-14-12-15/h10-11,13H,3-9H2,1-2H3/b11-10+. The Morgan fingerprint density at radius 1 is 1.13 bits per heavy atom. The lowest BCUT2D eigenvalue weighted by Crippen LogP contribution is -1.95. The highest BCUT2D eigenvalue weighted by Crippen LogP contribution is 2.17. The second-order valence-electron chi connectivity index (χ2n) is 3.96. The Hall–Kier alpha value is -0.880. The van der Waals surface area contributed by atoms with Crippen LogP contribution in [0, 0.1) is 5.92 Å². The normalized spacial score (nSPS) is 12.7. The first-order chi connectivity index (χ1) is 7.35. The van der Waals surface area contributed by atoms with Gasteiger partial charge in [-0.25, -0.2) is 4.79 Å². The first-order valence-electron chi connectivity index (χ1n) is 6.08. The van der Waals surface area contributed by atoms with Gasteiger partial charge in [-0.05, 0) is 18.8 Å². The van der Waals surface area contributed by atoms with E-state index in [0.717, 1.165) is 0 Å². The summed E-state index contributed by atoms with van der Waals surface area (Å²) in [5, 5.41) is 0. The Bertz CT molecular complexity index is 205. The molecule has 0 fully saturated rings. The zero-order valence-corrected chi connectivity index (χ0v) is 10.0. The SMILES string of the molecule is CCCCCCC(/C=C/N=C=O)CCC. The average Bonchev–Trinajstić information content (AvgIpc) is 2.24. The van der Waals surface area contributed by atoms with E-state index in [0.29, 0.717) is 5.92 Å². The molecular formula is C13H23NO. The molecule has 0 heterocycles. The minimum Gasteiger partial charge on any atom is -0.211 e. The van der Waals surface area contributed by atoms with Crippen molar-refractivity contribution < 1.29 is 4.79 Å². The van der Waals surface area contributed by atoms with Gasteiger partial charge in [0.05, 0.1) is 0 Å². The number of nitrogens with zero attached hydrogens (tertiary/aromatic N) is 1. The van der Waals surface area contributed by atoms with Crippen LogP contribution in [0.1, 0.15) is 58.8 Å². The van der Waals surface area contributed by atoms with E-state index in [1.165, 1.54) is 51.0 Å². The summed E-state index contributed by atoms with van der Waals surface area (Å²) in [6.07, 6.45) is 14.0. The number of carbonyl (C=O) groups excluding carboxylic acids is 1. The van der Waals surface area contributed by atoms with Crippen molar-refractivity contribution in [1.82, 2.24) is 0 Å². The van der Waals surface area contributed by atoms with Crippen LogP contribution in [0.2, 0.25) is 0 Å². The summed E-state index contributed by atoms with van der Waals surface area (Å²) >= 11 is 0. The monoisotopic (exact) mass is 209 g/mol. The quantitative estimate of drug-likeness (QED) is 0.317. The van der Waals surface area contributed by atoms with Crippen LogP contribution in [0.25, 0.3) is 0 Å². The zero-order chi connectivity index (χ0) is 11.4. The van der Waals surface area contributed by atoms with Gasteiger partial charge in [0.1, 0.15) is 0 Å². The second-order valence-corrected chi connectivity index (χ2v) is 3.96. The van der Waals surface area contributed by atoms with Gasteiger partial charge in [-0.2, -0.15) is 4.99 Å². The molecule has 0 aliphatic heterocycles. The molecule has 0 aromatic rings.